The van der Waals surface area contributed by atoms with Gasteiger partial charge < -0.3 is 9.84 Å². The lowest BCUT2D eigenvalue weighted by molar-refractivity contribution is -0.0173. The first kappa shape index (κ1) is 13.4. The Balaban J connectivity index is 4.18. The van der Waals surface area contributed by atoms with E-state index in [0.717, 1.165) is 17.6 Å². The number of hydrogen-bond acceptors (Lipinski definition) is 2. The average Bonchev–Trinajstić information content (AvgIpc) is 2.12. The number of aliphatic hydroxyl groups excluding tert-OH is 1. The zero-order valence-corrected chi connectivity index (χ0v) is 9.71. The van der Waals surface area contributed by atoms with Gasteiger partial charge in [0.25, 0.3) is 0 Å². The standard InChI is InChI=1S/C12H22O2/c1-6-12(8-13)14-11(5)10(4)7-9(2)3/h7,11-13H,2,6,8H2,1,3-5H3/b10-7+/t11-,12+/m1/s1. The average molecular weight is 198 g/mol. The molecule has 0 aromatic rings. The van der Waals surface area contributed by atoms with E-state index < -0.39 is 0 Å². The van der Waals surface area contributed by atoms with Gasteiger partial charge in [-0.05, 0) is 32.8 Å². The number of aliphatic hydroxyl groups is 1. The number of rotatable bonds is 6. The largest absolute Gasteiger partial charge is 0.394 e. The molecule has 0 unspecified atom stereocenters. The lowest BCUT2D eigenvalue weighted by Crippen LogP contribution is -2.23. The first-order valence-corrected chi connectivity index (χ1v) is 5.11. The van der Waals surface area contributed by atoms with Crippen LogP contribution in [0.25, 0.3) is 0 Å². The Morgan fingerprint density at radius 1 is 1.50 bits per heavy atom. The van der Waals surface area contributed by atoms with Gasteiger partial charge in [0, 0.05) is 0 Å². The number of allylic oxidation sites excluding steroid dienone is 2. The van der Waals surface area contributed by atoms with Crippen LogP contribution in [-0.4, -0.2) is 23.9 Å². The second kappa shape index (κ2) is 6.80. The van der Waals surface area contributed by atoms with Gasteiger partial charge in [-0.15, -0.1) is 0 Å². The summed E-state index contributed by atoms with van der Waals surface area (Å²) >= 11 is 0. The van der Waals surface area contributed by atoms with Gasteiger partial charge in [-0.3, -0.25) is 0 Å². The maximum atomic E-state index is 8.98. The van der Waals surface area contributed by atoms with E-state index >= 15 is 0 Å². The maximum absolute atomic E-state index is 8.98. The molecule has 0 heterocycles. The second-order valence-electron chi connectivity index (χ2n) is 3.73. The van der Waals surface area contributed by atoms with Crippen molar-refractivity contribution >= 4 is 0 Å². The fourth-order valence-electron chi connectivity index (χ4n) is 1.17. The van der Waals surface area contributed by atoms with E-state index in [9.17, 15) is 0 Å². The Kier molecular flexibility index (Phi) is 6.50. The molecule has 14 heavy (non-hydrogen) atoms. The van der Waals surface area contributed by atoms with Gasteiger partial charge in [-0.2, -0.15) is 0 Å². The van der Waals surface area contributed by atoms with Crippen molar-refractivity contribution in [3.63, 3.8) is 0 Å². The van der Waals surface area contributed by atoms with Crippen LogP contribution in [0.15, 0.2) is 23.8 Å². The summed E-state index contributed by atoms with van der Waals surface area (Å²) in [6.45, 7) is 11.9. The highest BCUT2D eigenvalue weighted by atomic mass is 16.5. The van der Waals surface area contributed by atoms with Crippen LogP contribution in [0, 0.1) is 0 Å². The summed E-state index contributed by atoms with van der Waals surface area (Å²) in [6, 6.07) is 0. The summed E-state index contributed by atoms with van der Waals surface area (Å²) in [5.74, 6) is 0. The minimum atomic E-state index is -0.0570. The zero-order valence-electron chi connectivity index (χ0n) is 9.71. The Morgan fingerprint density at radius 2 is 2.07 bits per heavy atom. The van der Waals surface area contributed by atoms with E-state index in [2.05, 4.69) is 6.58 Å². The summed E-state index contributed by atoms with van der Waals surface area (Å²) in [7, 11) is 0. The van der Waals surface area contributed by atoms with Gasteiger partial charge in [0.1, 0.15) is 0 Å². The molecular weight excluding hydrogens is 176 g/mol. The summed E-state index contributed by atoms with van der Waals surface area (Å²) in [6.07, 6.45) is 2.83. The fourth-order valence-corrected chi connectivity index (χ4v) is 1.17. The third-order valence-corrected chi connectivity index (χ3v) is 2.17. The monoisotopic (exact) mass is 198 g/mol. The van der Waals surface area contributed by atoms with Crippen LogP contribution in [0.5, 0.6) is 0 Å². The van der Waals surface area contributed by atoms with Crippen molar-refractivity contribution < 1.29 is 9.84 Å². The molecular formula is C12H22O2. The Labute approximate surface area is 87.3 Å². The van der Waals surface area contributed by atoms with E-state index in [1.165, 1.54) is 0 Å². The molecule has 0 aliphatic heterocycles. The van der Waals surface area contributed by atoms with Crippen LogP contribution in [0.2, 0.25) is 0 Å². The molecule has 0 amide bonds. The third kappa shape index (κ3) is 5.20. The van der Waals surface area contributed by atoms with E-state index in [1.807, 2.05) is 33.8 Å². The van der Waals surface area contributed by atoms with Crippen LogP contribution < -0.4 is 0 Å². The zero-order chi connectivity index (χ0) is 11.1. The van der Waals surface area contributed by atoms with Crippen LogP contribution in [0.1, 0.15) is 34.1 Å². The third-order valence-electron chi connectivity index (χ3n) is 2.17. The summed E-state index contributed by atoms with van der Waals surface area (Å²) in [4.78, 5) is 0. The highest BCUT2D eigenvalue weighted by Gasteiger charge is 2.11. The van der Waals surface area contributed by atoms with Gasteiger partial charge in [-0.1, -0.05) is 25.2 Å². The Morgan fingerprint density at radius 3 is 2.43 bits per heavy atom. The van der Waals surface area contributed by atoms with Crippen molar-refractivity contribution in [3.8, 4) is 0 Å². The first-order chi connectivity index (χ1) is 6.51. The highest BCUT2D eigenvalue weighted by Crippen LogP contribution is 2.11. The normalized spacial score (nSPS) is 16.5. The minimum Gasteiger partial charge on any atom is -0.394 e. The molecule has 0 fully saturated rings. The molecule has 82 valence electrons. The lowest BCUT2D eigenvalue weighted by atomic mass is 10.1. The predicted molar refractivity (Wildman–Crippen MR) is 60.3 cm³/mol. The van der Waals surface area contributed by atoms with E-state index in [1.54, 1.807) is 0 Å². The van der Waals surface area contributed by atoms with Crippen LogP contribution in [-0.2, 0) is 4.74 Å². The molecule has 0 aliphatic carbocycles. The van der Waals surface area contributed by atoms with Gasteiger partial charge in [0.05, 0.1) is 18.8 Å². The smallest absolute Gasteiger partial charge is 0.0811 e. The van der Waals surface area contributed by atoms with Crippen LogP contribution in [0.3, 0.4) is 0 Å². The summed E-state index contributed by atoms with van der Waals surface area (Å²) in [5, 5.41) is 8.98. The summed E-state index contributed by atoms with van der Waals surface area (Å²) < 4.78 is 5.65. The van der Waals surface area contributed by atoms with Gasteiger partial charge in [-0.25, -0.2) is 0 Å². The van der Waals surface area contributed by atoms with Gasteiger partial charge in [0.15, 0.2) is 0 Å². The Hall–Kier alpha value is -0.600. The van der Waals surface area contributed by atoms with Crippen molar-refractivity contribution in [1.29, 1.82) is 0 Å². The SMILES string of the molecule is C=C(C)/C=C(\C)[C@@H](C)O[C@@H](CC)CO. The van der Waals surface area contributed by atoms with E-state index in [-0.39, 0.29) is 18.8 Å². The molecule has 1 N–H and O–H groups in total. The molecule has 0 aromatic carbocycles. The van der Waals surface area contributed by atoms with E-state index in [0.29, 0.717) is 0 Å². The fraction of sp³-hybridized carbons (Fsp3) is 0.667. The van der Waals surface area contributed by atoms with Gasteiger partial charge >= 0.3 is 0 Å². The molecule has 2 nitrogen and oxygen atoms in total. The topological polar surface area (TPSA) is 29.5 Å². The molecule has 0 spiro atoms. The van der Waals surface area contributed by atoms with Gasteiger partial charge in [0.2, 0.25) is 0 Å². The quantitative estimate of drug-likeness (QED) is 0.665. The molecule has 0 aliphatic rings. The molecule has 2 atom stereocenters. The molecule has 0 rings (SSSR count). The van der Waals surface area contributed by atoms with Crippen molar-refractivity contribution in [2.24, 2.45) is 0 Å². The highest BCUT2D eigenvalue weighted by molar-refractivity contribution is 5.19. The van der Waals surface area contributed by atoms with Crippen molar-refractivity contribution in [1.82, 2.24) is 0 Å². The molecule has 0 aromatic heterocycles. The Bertz CT molecular complexity index is 202. The van der Waals surface area contributed by atoms with Crippen molar-refractivity contribution in [3.05, 3.63) is 23.8 Å². The van der Waals surface area contributed by atoms with Crippen LogP contribution in [0.4, 0.5) is 0 Å². The first-order valence-electron chi connectivity index (χ1n) is 5.11. The molecule has 2 heteroatoms. The molecule has 0 saturated heterocycles. The summed E-state index contributed by atoms with van der Waals surface area (Å²) in [5.41, 5.74) is 2.17. The number of hydrogen-bond donors (Lipinski definition) is 1. The number of ether oxygens (including phenoxy) is 1. The molecule has 0 bridgehead atoms. The molecule has 0 saturated carbocycles. The predicted octanol–water partition coefficient (Wildman–Crippen LogP) is 2.68. The van der Waals surface area contributed by atoms with Crippen molar-refractivity contribution in [2.75, 3.05) is 6.61 Å². The minimum absolute atomic E-state index is 0.0452. The van der Waals surface area contributed by atoms with E-state index in [4.69, 9.17) is 9.84 Å². The van der Waals surface area contributed by atoms with Crippen molar-refractivity contribution in [2.45, 2.75) is 46.3 Å². The maximum Gasteiger partial charge on any atom is 0.0811 e. The van der Waals surface area contributed by atoms with Crippen LogP contribution >= 0.6 is 0 Å². The second-order valence-corrected chi connectivity index (χ2v) is 3.73. The molecule has 0 radical (unpaired) electrons. The lowest BCUT2D eigenvalue weighted by Gasteiger charge is -2.20.